The average molecular weight is 253 g/mol. The van der Waals surface area contributed by atoms with Crippen molar-refractivity contribution >= 4 is 5.71 Å². The van der Waals surface area contributed by atoms with Crippen molar-refractivity contribution in [3.05, 3.63) is 0 Å². The van der Waals surface area contributed by atoms with Gasteiger partial charge in [-0.25, -0.2) is 0 Å². The molecule has 1 spiro atoms. The zero-order valence-corrected chi connectivity index (χ0v) is 10.9. The molecule has 1 heterocycles. The Labute approximate surface area is 108 Å². The first-order chi connectivity index (χ1) is 8.80. The van der Waals surface area contributed by atoms with Crippen molar-refractivity contribution in [1.82, 2.24) is 0 Å². The molecule has 0 bridgehead atoms. The molecule has 0 aromatic rings. The van der Waals surface area contributed by atoms with Crippen LogP contribution >= 0.6 is 0 Å². The molecule has 1 unspecified atom stereocenters. The van der Waals surface area contributed by atoms with Crippen LogP contribution in [0.25, 0.3) is 0 Å². The molecule has 1 atom stereocenters. The summed E-state index contributed by atoms with van der Waals surface area (Å²) < 4.78 is 12.2. The Balaban J connectivity index is 1.48. The minimum absolute atomic E-state index is 0.176. The van der Waals surface area contributed by atoms with Crippen LogP contribution in [0.3, 0.4) is 0 Å². The van der Waals surface area contributed by atoms with Gasteiger partial charge in [0.1, 0.15) is 0 Å². The topological polar surface area (TPSA) is 51.1 Å². The summed E-state index contributed by atoms with van der Waals surface area (Å²) in [4.78, 5) is 0. The fraction of sp³-hybridized carbons (Fsp3) is 0.929. The highest BCUT2D eigenvalue weighted by atomic mass is 16.5. The van der Waals surface area contributed by atoms with Gasteiger partial charge in [0, 0.05) is 13.0 Å². The van der Waals surface area contributed by atoms with E-state index in [1.54, 1.807) is 0 Å². The van der Waals surface area contributed by atoms with Crippen LogP contribution in [0.4, 0.5) is 0 Å². The summed E-state index contributed by atoms with van der Waals surface area (Å²) in [5.41, 5.74) is 1.10. The Hall–Kier alpha value is -0.610. The zero-order chi connectivity index (χ0) is 12.4. The Morgan fingerprint density at radius 1 is 1.17 bits per heavy atom. The number of nitrogens with zero attached hydrogens (tertiary/aromatic N) is 1. The first-order valence-electron chi connectivity index (χ1n) is 7.29. The van der Waals surface area contributed by atoms with Gasteiger partial charge in [-0.05, 0) is 51.4 Å². The third-order valence-electron chi connectivity index (χ3n) is 4.75. The van der Waals surface area contributed by atoms with E-state index < -0.39 is 0 Å². The molecule has 4 heteroatoms. The number of hydrogen-bond donors (Lipinski definition) is 1. The second-order valence-corrected chi connectivity index (χ2v) is 6.00. The Morgan fingerprint density at radius 3 is 2.56 bits per heavy atom. The Bertz CT molecular complexity index is 315. The van der Waals surface area contributed by atoms with E-state index in [9.17, 15) is 0 Å². The van der Waals surface area contributed by atoms with Gasteiger partial charge < -0.3 is 14.7 Å². The van der Waals surface area contributed by atoms with E-state index in [0.717, 1.165) is 50.8 Å². The van der Waals surface area contributed by atoms with E-state index in [-0.39, 0.29) is 5.60 Å². The highest BCUT2D eigenvalue weighted by Gasteiger charge is 2.43. The SMILES string of the molecule is ON=C1CCC(OC2CCOC3(CCC3)C2)CC1. The largest absolute Gasteiger partial charge is 0.411 e. The molecule has 1 saturated heterocycles. The van der Waals surface area contributed by atoms with E-state index in [4.69, 9.17) is 14.7 Å². The van der Waals surface area contributed by atoms with E-state index in [2.05, 4.69) is 5.16 Å². The highest BCUT2D eigenvalue weighted by Crippen LogP contribution is 2.43. The van der Waals surface area contributed by atoms with Gasteiger partial charge in [0.05, 0.1) is 23.5 Å². The van der Waals surface area contributed by atoms with Gasteiger partial charge in [-0.1, -0.05) is 5.16 Å². The minimum Gasteiger partial charge on any atom is -0.411 e. The first-order valence-corrected chi connectivity index (χ1v) is 7.29. The molecular weight excluding hydrogens is 230 g/mol. The lowest BCUT2D eigenvalue weighted by Gasteiger charge is -2.47. The molecule has 3 fully saturated rings. The number of oxime groups is 1. The number of hydrogen-bond acceptors (Lipinski definition) is 4. The maximum atomic E-state index is 8.74. The molecule has 2 saturated carbocycles. The monoisotopic (exact) mass is 253 g/mol. The van der Waals surface area contributed by atoms with Crippen LogP contribution < -0.4 is 0 Å². The lowest BCUT2D eigenvalue weighted by atomic mass is 9.74. The molecule has 3 rings (SSSR count). The molecule has 102 valence electrons. The summed E-state index contributed by atoms with van der Waals surface area (Å²) in [7, 11) is 0. The lowest BCUT2D eigenvalue weighted by molar-refractivity contribution is -0.180. The molecule has 0 amide bonds. The first kappa shape index (κ1) is 12.4. The Kier molecular flexibility index (Phi) is 3.57. The van der Waals surface area contributed by atoms with Gasteiger partial charge in [-0.15, -0.1) is 0 Å². The van der Waals surface area contributed by atoms with Gasteiger partial charge >= 0.3 is 0 Å². The fourth-order valence-electron chi connectivity index (χ4n) is 3.45. The number of rotatable bonds is 2. The van der Waals surface area contributed by atoms with Crippen LogP contribution in [-0.4, -0.2) is 35.3 Å². The molecule has 1 N–H and O–H groups in total. The van der Waals surface area contributed by atoms with Crippen molar-refractivity contribution in [1.29, 1.82) is 0 Å². The van der Waals surface area contributed by atoms with Crippen LogP contribution in [-0.2, 0) is 9.47 Å². The quantitative estimate of drug-likeness (QED) is 0.608. The second-order valence-electron chi connectivity index (χ2n) is 6.00. The van der Waals surface area contributed by atoms with Crippen molar-refractivity contribution in [3.8, 4) is 0 Å². The van der Waals surface area contributed by atoms with Crippen LogP contribution in [0, 0.1) is 0 Å². The van der Waals surface area contributed by atoms with Gasteiger partial charge in [0.25, 0.3) is 0 Å². The predicted octanol–water partition coefficient (Wildman–Crippen LogP) is 2.88. The summed E-state index contributed by atoms with van der Waals surface area (Å²) in [6, 6.07) is 0. The van der Waals surface area contributed by atoms with Crippen molar-refractivity contribution < 1.29 is 14.7 Å². The van der Waals surface area contributed by atoms with Gasteiger partial charge in [0.15, 0.2) is 0 Å². The summed E-state index contributed by atoms with van der Waals surface area (Å²) in [6.07, 6.45) is 10.4. The van der Waals surface area contributed by atoms with Gasteiger partial charge in [-0.3, -0.25) is 0 Å². The molecule has 18 heavy (non-hydrogen) atoms. The van der Waals surface area contributed by atoms with E-state index in [1.807, 2.05) is 0 Å². The van der Waals surface area contributed by atoms with E-state index >= 15 is 0 Å². The maximum Gasteiger partial charge on any atom is 0.0707 e. The van der Waals surface area contributed by atoms with E-state index in [1.165, 1.54) is 19.3 Å². The van der Waals surface area contributed by atoms with Crippen molar-refractivity contribution in [2.45, 2.75) is 75.6 Å². The highest BCUT2D eigenvalue weighted by molar-refractivity contribution is 5.84. The average Bonchev–Trinajstić information content (AvgIpc) is 2.38. The van der Waals surface area contributed by atoms with E-state index in [0.29, 0.717) is 12.2 Å². The van der Waals surface area contributed by atoms with Crippen LogP contribution in [0.1, 0.15) is 57.8 Å². The number of ether oxygens (including phenoxy) is 2. The van der Waals surface area contributed by atoms with Crippen LogP contribution in [0.15, 0.2) is 5.16 Å². The third-order valence-corrected chi connectivity index (χ3v) is 4.75. The molecular formula is C14H23NO3. The van der Waals surface area contributed by atoms with Crippen molar-refractivity contribution in [3.63, 3.8) is 0 Å². The summed E-state index contributed by atoms with van der Waals surface area (Å²) in [5.74, 6) is 0. The standard InChI is InChI=1S/C14H23NO3/c16-15-11-2-4-12(5-3-11)18-13-6-9-17-14(10-13)7-1-8-14/h12-13,16H,1-10H2. The summed E-state index contributed by atoms with van der Waals surface area (Å²) in [6.45, 7) is 0.862. The molecule has 0 aromatic carbocycles. The molecule has 3 aliphatic rings. The smallest absolute Gasteiger partial charge is 0.0707 e. The zero-order valence-electron chi connectivity index (χ0n) is 10.9. The van der Waals surface area contributed by atoms with Gasteiger partial charge in [0.2, 0.25) is 0 Å². The van der Waals surface area contributed by atoms with Crippen molar-refractivity contribution in [2.75, 3.05) is 6.61 Å². The fourth-order valence-corrected chi connectivity index (χ4v) is 3.45. The minimum atomic E-state index is 0.176. The van der Waals surface area contributed by atoms with Gasteiger partial charge in [-0.2, -0.15) is 0 Å². The predicted molar refractivity (Wildman–Crippen MR) is 68.1 cm³/mol. The second kappa shape index (κ2) is 5.17. The van der Waals surface area contributed by atoms with Crippen LogP contribution in [0.5, 0.6) is 0 Å². The normalized spacial score (nSPS) is 35.2. The molecule has 0 aromatic heterocycles. The molecule has 4 nitrogen and oxygen atoms in total. The molecule has 0 radical (unpaired) electrons. The molecule has 1 aliphatic heterocycles. The molecule has 2 aliphatic carbocycles. The lowest BCUT2D eigenvalue weighted by Crippen LogP contribution is -2.48. The third kappa shape index (κ3) is 2.54. The maximum absolute atomic E-state index is 8.74. The van der Waals surface area contributed by atoms with Crippen molar-refractivity contribution in [2.24, 2.45) is 5.16 Å². The summed E-state index contributed by atoms with van der Waals surface area (Å²) >= 11 is 0. The summed E-state index contributed by atoms with van der Waals surface area (Å²) in [5, 5.41) is 12.1. The Morgan fingerprint density at radius 2 is 1.94 bits per heavy atom. The van der Waals surface area contributed by atoms with Crippen LogP contribution in [0.2, 0.25) is 0 Å².